The van der Waals surface area contributed by atoms with E-state index in [1.165, 1.54) is 0 Å². The highest BCUT2D eigenvalue weighted by molar-refractivity contribution is 6.00. The van der Waals surface area contributed by atoms with Gasteiger partial charge in [0.2, 0.25) is 0 Å². The lowest BCUT2D eigenvalue weighted by molar-refractivity contribution is 0.0904. The standard InChI is InChI=1S/C17H23N3O/c1-5-10-17(2,3)20-16(21)14-11-12-8-6-7-9-13(12)15(18-4)19-14/h6-9,11H,5,10H2,1-4H3,(H,18,19)(H,20,21). The number of nitrogens with zero attached hydrogens (tertiary/aromatic N) is 1. The van der Waals surface area contributed by atoms with Crippen LogP contribution in [-0.4, -0.2) is 23.5 Å². The maximum Gasteiger partial charge on any atom is 0.270 e. The van der Waals surface area contributed by atoms with Gasteiger partial charge in [-0.3, -0.25) is 4.79 Å². The Hall–Kier alpha value is -2.10. The van der Waals surface area contributed by atoms with Gasteiger partial charge in [0, 0.05) is 18.0 Å². The molecule has 1 heterocycles. The van der Waals surface area contributed by atoms with Crippen LogP contribution in [0.4, 0.5) is 5.82 Å². The van der Waals surface area contributed by atoms with E-state index in [4.69, 9.17) is 0 Å². The molecule has 2 rings (SSSR count). The number of aromatic nitrogens is 1. The lowest BCUT2D eigenvalue weighted by Crippen LogP contribution is -2.43. The predicted molar refractivity (Wildman–Crippen MR) is 87.7 cm³/mol. The van der Waals surface area contributed by atoms with Crippen molar-refractivity contribution in [2.45, 2.75) is 39.2 Å². The summed E-state index contributed by atoms with van der Waals surface area (Å²) in [5, 5.41) is 8.15. The predicted octanol–water partition coefficient (Wildman–Crippen LogP) is 3.59. The number of hydrogen-bond acceptors (Lipinski definition) is 3. The van der Waals surface area contributed by atoms with Gasteiger partial charge < -0.3 is 10.6 Å². The highest BCUT2D eigenvalue weighted by Gasteiger charge is 2.21. The van der Waals surface area contributed by atoms with E-state index < -0.39 is 0 Å². The minimum absolute atomic E-state index is 0.129. The third-order valence-electron chi connectivity index (χ3n) is 3.54. The third-order valence-corrected chi connectivity index (χ3v) is 3.54. The smallest absolute Gasteiger partial charge is 0.270 e. The van der Waals surface area contributed by atoms with Crippen molar-refractivity contribution in [3.8, 4) is 0 Å². The van der Waals surface area contributed by atoms with Gasteiger partial charge >= 0.3 is 0 Å². The van der Waals surface area contributed by atoms with E-state index in [1.54, 1.807) is 0 Å². The molecule has 0 fully saturated rings. The molecule has 1 aromatic carbocycles. The Morgan fingerprint density at radius 1 is 1.29 bits per heavy atom. The van der Waals surface area contributed by atoms with E-state index in [0.29, 0.717) is 5.69 Å². The molecule has 4 nitrogen and oxygen atoms in total. The van der Waals surface area contributed by atoms with Crippen LogP contribution in [0.5, 0.6) is 0 Å². The summed E-state index contributed by atoms with van der Waals surface area (Å²) in [6.07, 6.45) is 1.96. The Bertz CT molecular complexity index is 650. The molecule has 0 saturated heterocycles. The van der Waals surface area contributed by atoms with Gasteiger partial charge in [-0.1, -0.05) is 37.6 Å². The third kappa shape index (κ3) is 3.51. The second-order valence-electron chi connectivity index (χ2n) is 5.92. The first-order chi connectivity index (χ1) is 9.96. The van der Waals surface area contributed by atoms with Crippen LogP contribution in [0.3, 0.4) is 0 Å². The number of rotatable bonds is 5. The molecular weight excluding hydrogens is 262 g/mol. The summed E-state index contributed by atoms with van der Waals surface area (Å²) in [5.74, 6) is 0.599. The molecule has 0 spiro atoms. The Morgan fingerprint density at radius 2 is 2.00 bits per heavy atom. The van der Waals surface area contributed by atoms with Gasteiger partial charge in [-0.25, -0.2) is 4.98 Å². The summed E-state index contributed by atoms with van der Waals surface area (Å²) < 4.78 is 0. The molecule has 1 aromatic heterocycles. The molecule has 0 atom stereocenters. The molecule has 0 aliphatic rings. The number of amides is 1. The lowest BCUT2D eigenvalue weighted by Gasteiger charge is -2.25. The molecule has 0 unspecified atom stereocenters. The molecule has 0 radical (unpaired) electrons. The highest BCUT2D eigenvalue weighted by atomic mass is 16.2. The van der Waals surface area contributed by atoms with Crippen LogP contribution in [0.25, 0.3) is 10.8 Å². The highest BCUT2D eigenvalue weighted by Crippen LogP contribution is 2.22. The summed E-state index contributed by atoms with van der Waals surface area (Å²) in [6, 6.07) is 9.76. The van der Waals surface area contributed by atoms with E-state index in [2.05, 4.69) is 22.5 Å². The molecule has 4 heteroatoms. The average molecular weight is 285 g/mol. The molecule has 0 bridgehead atoms. The van der Waals surface area contributed by atoms with Crippen LogP contribution >= 0.6 is 0 Å². The van der Waals surface area contributed by atoms with Crippen molar-refractivity contribution >= 4 is 22.5 Å². The fourth-order valence-corrected chi connectivity index (χ4v) is 2.56. The number of benzene rings is 1. The number of hydrogen-bond donors (Lipinski definition) is 2. The molecule has 0 aliphatic heterocycles. The number of carbonyl (C=O) groups is 1. The fourth-order valence-electron chi connectivity index (χ4n) is 2.56. The van der Waals surface area contributed by atoms with E-state index in [9.17, 15) is 4.79 Å². The molecule has 0 saturated carbocycles. The van der Waals surface area contributed by atoms with Gasteiger partial charge in [-0.2, -0.15) is 0 Å². The monoisotopic (exact) mass is 285 g/mol. The Kier molecular flexibility index (Phi) is 4.46. The normalized spacial score (nSPS) is 11.4. The zero-order chi connectivity index (χ0) is 15.5. The SMILES string of the molecule is CCCC(C)(C)NC(=O)c1cc2ccccc2c(NC)n1. The van der Waals surface area contributed by atoms with Crippen LogP contribution in [0.15, 0.2) is 30.3 Å². The summed E-state index contributed by atoms with van der Waals surface area (Å²) >= 11 is 0. The van der Waals surface area contributed by atoms with Crippen molar-refractivity contribution in [1.29, 1.82) is 0 Å². The van der Waals surface area contributed by atoms with Crippen molar-refractivity contribution in [3.05, 3.63) is 36.0 Å². The quantitative estimate of drug-likeness (QED) is 0.882. The summed E-state index contributed by atoms with van der Waals surface area (Å²) in [6.45, 7) is 6.18. The summed E-state index contributed by atoms with van der Waals surface area (Å²) in [7, 11) is 1.82. The number of anilines is 1. The van der Waals surface area contributed by atoms with Crippen molar-refractivity contribution in [2.75, 3.05) is 12.4 Å². The second-order valence-corrected chi connectivity index (χ2v) is 5.92. The Morgan fingerprint density at radius 3 is 2.67 bits per heavy atom. The molecule has 21 heavy (non-hydrogen) atoms. The average Bonchev–Trinajstić information content (AvgIpc) is 2.45. The van der Waals surface area contributed by atoms with Crippen LogP contribution < -0.4 is 10.6 Å². The largest absolute Gasteiger partial charge is 0.373 e. The fraction of sp³-hybridized carbons (Fsp3) is 0.412. The molecule has 0 aliphatic carbocycles. The Labute approximate surface area is 126 Å². The number of carbonyl (C=O) groups excluding carboxylic acids is 1. The van der Waals surface area contributed by atoms with E-state index >= 15 is 0 Å². The number of nitrogens with one attached hydrogen (secondary N) is 2. The zero-order valence-electron chi connectivity index (χ0n) is 13.2. The van der Waals surface area contributed by atoms with Crippen molar-refractivity contribution in [1.82, 2.24) is 10.3 Å². The van der Waals surface area contributed by atoms with Gasteiger partial charge in [0.25, 0.3) is 5.91 Å². The summed E-state index contributed by atoms with van der Waals surface area (Å²) in [5.41, 5.74) is 0.223. The first-order valence-electron chi connectivity index (χ1n) is 7.37. The second kappa shape index (κ2) is 6.12. The van der Waals surface area contributed by atoms with Gasteiger partial charge in [-0.15, -0.1) is 0 Å². The van der Waals surface area contributed by atoms with Gasteiger partial charge in [-0.05, 0) is 31.7 Å². The van der Waals surface area contributed by atoms with Crippen molar-refractivity contribution in [2.24, 2.45) is 0 Å². The first kappa shape index (κ1) is 15.3. The maximum atomic E-state index is 12.4. The van der Waals surface area contributed by atoms with Gasteiger partial charge in [0.05, 0.1) is 0 Å². The van der Waals surface area contributed by atoms with Crippen molar-refractivity contribution in [3.63, 3.8) is 0 Å². The van der Waals surface area contributed by atoms with Crippen LogP contribution in [-0.2, 0) is 0 Å². The molecular formula is C17H23N3O. The number of pyridine rings is 1. The molecule has 2 N–H and O–H groups in total. The molecule has 2 aromatic rings. The van der Waals surface area contributed by atoms with Crippen LogP contribution in [0.2, 0.25) is 0 Å². The minimum Gasteiger partial charge on any atom is -0.373 e. The van der Waals surface area contributed by atoms with Crippen LogP contribution in [0, 0.1) is 0 Å². The van der Waals surface area contributed by atoms with E-state index in [0.717, 1.165) is 29.4 Å². The van der Waals surface area contributed by atoms with Gasteiger partial charge in [0.1, 0.15) is 11.5 Å². The molecule has 112 valence electrons. The van der Waals surface area contributed by atoms with Crippen LogP contribution in [0.1, 0.15) is 44.1 Å². The van der Waals surface area contributed by atoms with Gasteiger partial charge in [0.15, 0.2) is 0 Å². The minimum atomic E-state index is -0.223. The first-order valence-corrected chi connectivity index (χ1v) is 7.37. The topological polar surface area (TPSA) is 54.0 Å². The van der Waals surface area contributed by atoms with E-state index in [1.807, 2.05) is 51.2 Å². The number of fused-ring (bicyclic) bond motifs is 1. The van der Waals surface area contributed by atoms with Crippen molar-refractivity contribution < 1.29 is 4.79 Å². The molecule has 1 amide bonds. The Balaban J connectivity index is 2.36. The lowest BCUT2D eigenvalue weighted by atomic mass is 9.98. The summed E-state index contributed by atoms with van der Waals surface area (Å²) in [4.78, 5) is 16.9. The zero-order valence-corrected chi connectivity index (χ0v) is 13.2. The maximum absolute atomic E-state index is 12.4. The van der Waals surface area contributed by atoms with E-state index in [-0.39, 0.29) is 11.4 Å².